The molecule has 0 N–H and O–H groups in total. The standard InChI is InChI=1S/C16H19N3O2S/c1-14-6-2-3-7-15(14)22(20,21)19-12-10-18(11-13-19)16-8-4-5-9-17-16/h2-9H,10-13H2,1H3. The average molecular weight is 317 g/mol. The van der Waals surface area contributed by atoms with Crippen molar-refractivity contribution in [1.29, 1.82) is 0 Å². The van der Waals surface area contributed by atoms with Crippen LogP contribution in [0.15, 0.2) is 53.6 Å². The van der Waals surface area contributed by atoms with Crippen molar-refractivity contribution in [1.82, 2.24) is 9.29 Å². The molecule has 2 heterocycles. The maximum atomic E-state index is 12.7. The molecule has 6 heteroatoms. The van der Waals surface area contributed by atoms with Crippen molar-refractivity contribution in [3.8, 4) is 0 Å². The molecular weight excluding hydrogens is 298 g/mol. The molecule has 0 unspecified atom stereocenters. The molecule has 3 rings (SSSR count). The molecule has 1 aliphatic heterocycles. The van der Waals surface area contributed by atoms with Gasteiger partial charge >= 0.3 is 0 Å². The molecule has 22 heavy (non-hydrogen) atoms. The van der Waals surface area contributed by atoms with Crippen LogP contribution in [0.2, 0.25) is 0 Å². The maximum Gasteiger partial charge on any atom is 0.243 e. The largest absolute Gasteiger partial charge is 0.354 e. The third-order valence-electron chi connectivity index (χ3n) is 3.92. The minimum Gasteiger partial charge on any atom is -0.354 e. The predicted molar refractivity (Wildman–Crippen MR) is 86.4 cm³/mol. The Bertz CT molecular complexity index is 739. The third-order valence-corrected chi connectivity index (χ3v) is 5.98. The summed E-state index contributed by atoms with van der Waals surface area (Å²) >= 11 is 0. The first kappa shape index (κ1) is 15.0. The number of piperazine rings is 1. The number of hydrogen-bond donors (Lipinski definition) is 0. The predicted octanol–water partition coefficient (Wildman–Crippen LogP) is 1.90. The second kappa shape index (κ2) is 6.06. The van der Waals surface area contributed by atoms with Gasteiger partial charge in [0.15, 0.2) is 0 Å². The summed E-state index contributed by atoms with van der Waals surface area (Å²) in [6.45, 7) is 4.10. The van der Waals surface area contributed by atoms with Gasteiger partial charge in [-0.15, -0.1) is 0 Å². The number of aromatic nitrogens is 1. The Hall–Kier alpha value is -1.92. The van der Waals surface area contributed by atoms with Crippen LogP contribution in [0.4, 0.5) is 5.82 Å². The lowest BCUT2D eigenvalue weighted by Gasteiger charge is -2.34. The Kier molecular flexibility index (Phi) is 4.13. The average Bonchev–Trinajstić information content (AvgIpc) is 2.56. The Morgan fingerprint density at radius 3 is 2.27 bits per heavy atom. The summed E-state index contributed by atoms with van der Waals surface area (Å²) < 4.78 is 27.1. The molecular formula is C16H19N3O2S. The van der Waals surface area contributed by atoms with Crippen molar-refractivity contribution in [2.75, 3.05) is 31.1 Å². The Labute approximate surface area is 131 Å². The summed E-state index contributed by atoms with van der Waals surface area (Å²) in [6, 6.07) is 12.9. The summed E-state index contributed by atoms with van der Waals surface area (Å²) in [5.74, 6) is 0.899. The molecule has 0 aliphatic carbocycles. The van der Waals surface area contributed by atoms with Gasteiger partial charge in [-0.25, -0.2) is 13.4 Å². The molecule has 0 saturated carbocycles. The summed E-state index contributed by atoms with van der Waals surface area (Å²) in [7, 11) is -3.41. The van der Waals surface area contributed by atoms with Gasteiger partial charge in [0.2, 0.25) is 10.0 Å². The molecule has 1 aromatic heterocycles. The number of nitrogens with zero attached hydrogens (tertiary/aromatic N) is 3. The summed E-state index contributed by atoms with van der Waals surface area (Å²) in [5, 5.41) is 0. The van der Waals surface area contributed by atoms with Gasteiger partial charge < -0.3 is 4.90 Å². The van der Waals surface area contributed by atoms with Crippen molar-refractivity contribution >= 4 is 15.8 Å². The van der Waals surface area contributed by atoms with Crippen LogP contribution in [0.3, 0.4) is 0 Å². The van der Waals surface area contributed by atoms with E-state index < -0.39 is 10.0 Å². The second-order valence-electron chi connectivity index (χ2n) is 5.34. The van der Waals surface area contributed by atoms with Crippen LogP contribution in [0, 0.1) is 6.92 Å². The van der Waals surface area contributed by atoms with Crippen LogP contribution < -0.4 is 4.90 Å². The smallest absolute Gasteiger partial charge is 0.243 e. The first-order valence-corrected chi connectivity index (χ1v) is 8.75. The van der Waals surface area contributed by atoms with Crippen molar-refractivity contribution in [3.05, 3.63) is 54.2 Å². The lowest BCUT2D eigenvalue weighted by atomic mass is 10.2. The van der Waals surface area contributed by atoms with E-state index in [9.17, 15) is 8.42 Å². The van der Waals surface area contributed by atoms with E-state index in [1.165, 1.54) is 0 Å². The minimum atomic E-state index is -3.41. The highest BCUT2D eigenvalue weighted by molar-refractivity contribution is 7.89. The molecule has 0 radical (unpaired) electrons. The molecule has 1 saturated heterocycles. The molecule has 5 nitrogen and oxygen atoms in total. The SMILES string of the molecule is Cc1ccccc1S(=O)(=O)N1CCN(c2ccccn2)CC1. The monoisotopic (exact) mass is 317 g/mol. The molecule has 0 bridgehead atoms. The number of anilines is 1. The van der Waals surface area contributed by atoms with E-state index in [0.29, 0.717) is 31.1 Å². The van der Waals surface area contributed by atoms with Gasteiger partial charge in [0, 0.05) is 32.4 Å². The molecule has 0 amide bonds. The van der Waals surface area contributed by atoms with E-state index in [-0.39, 0.29) is 0 Å². The molecule has 1 aromatic carbocycles. The van der Waals surface area contributed by atoms with Crippen molar-refractivity contribution in [3.63, 3.8) is 0 Å². The van der Waals surface area contributed by atoms with Crippen molar-refractivity contribution < 1.29 is 8.42 Å². The maximum absolute atomic E-state index is 12.7. The van der Waals surface area contributed by atoms with E-state index in [1.54, 1.807) is 22.6 Å². The molecule has 0 spiro atoms. The number of benzene rings is 1. The highest BCUT2D eigenvalue weighted by atomic mass is 32.2. The normalized spacial score (nSPS) is 16.7. The van der Waals surface area contributed by atoms with Crippen LogP contribution in [0.5, 0.6) is 0 Å². The van der Waals surface area contributed by atoms with Gasteiger partial charge in [0.25, 0.3) is 0 Å². The van der Waals surface area contributed by atoms with Crippen LogP contribution in [-0.2, 0) is 10.0 Å². The summed E-state index contributed by atoms with van der Waals surface area (Å²) in [5.41, 5.74) is 0.787. The number of rotatable bonds is 3. The molecule has 0 atom stereocenters. The van der Waals surface area contributed by atoms with E-state index in [4.69, 9.17) is 0 Å². The Balaban J connectivity index is 1.75. The zero-order valence-electron chi connectivity index (χ0n) is 12.5. The fourth-order valence-electron chi connectivity index (χ4n) is 2.68. The lowest BCUT2D eigenvalue weighted by Crippen LogP contribution is -2.49. The number of pyridine rings is 1. The second-order valence-corrected chi connectivity index (χ2v) is 7.25. The van der Waals surface area contributed by atoms with Gasteiger partial charge in [-0.05, 0) is 30.7 Å². The van der Waals surface area contributed by atoms with Crippen LogP contribution in [-0.4, -0.2) is 43.9 Å². The van der Waals surface area contributed by atoms with Crippen LogP contribution in [0.1, 0.15) is 5.56 Å². The topological polar surface area (TPSA) is 53.5 Å². The van der Waals surface area contributed by atoms with Gasteiger partial charge in [-0.2, -0.15) is 4.31 Å². The van der Waals surface area contributed by atoms with Gasteiger partial charge in [-0.1, -0.05) is 24.3 Å². The van der Waals surface area contributed by atoms with Crippen LogP contribution in [0.25, 0.3) is 0 Å². The lowest BCUT2D eigenvalue weighted by molar-refractivity contribution is 0.383. The fourth-order valence-corrected chi connectivity index (χ4v) is 4.33. The van der Waals surface area contributed by atoms with Crippen molar-refractivity contribution in [2.24, 2.45) is 0 Å². The Morgan fingerprint density at radius 1 is 0.955 bits per heavy atom. The first-order chi connectivity index (χ1) is 10.6. The van der Waals surface area contributed by atoms with E-state index in [0.717, 1.165) is 11.4 Å². The van der Waals surface area contributed by atoms with Gasteiger partial charge in [0.05, 0.1) is 4.90 Å². The zero-order valence-corrected chi connectivity index (χ0v) is 13.3. The van der Waals surface area contributed by atoms with E-state index >= 15 is 0 Å². The van der Waals surface area contributed by atoms with Crippen LogP contribution >= 0.6 is 0 Å². The zero-order chi connectivity index (χ0) is 15.6. The number of sulfonamides is 1. The van der Waals surface area contributed by atoms with Gasteiger partial charge in [-0.3, -0.25) is 0 Å². The quantitative estimate of drug-likeness (QED) is 0.867. The molecule has 2 aromatic rings. The van der Waals surface area contributed by atoms with Crippen molar-refractivity contribution in [2.45, 2.75) is 11.8 Å². The fraction of sp³-hybridized carbons (Fsp3) is 0.312. The van der Waals surface area contributed by atoms with E-state index in [2.05, 4.69) is 9.88 Å². The first-order valence-electron chi connectivity index (χ1n) is 7.31. The molecule has 1 aliphatic rings. The third kappa shape index (κ3) is 2.84. The van der Waals surface area contributed by atoms with Gasteiger partial charge in [0.1, 0.15) is 5.82 Å². The summed E-state index contributed by atoms with van der Waals surface area (Å²) in [6.07, 6.45) is 1.76. The number of aryl methyl sites for hydroxylation is 1. The highest BCUT2D eigenvalue weighted by Gasteiger charge is 2.29. The minimum absolute atomic E-state index is 0.404. The van der Waals surface area contributed by atoms with E-state index in [1.807, 2.05) is 37.3 Å². The highest BCUT2D eigenvalue weighted by Crippen LogP contribution is 2.22. The number of hydrogen-bond acceptors (Lipinski definition) is 4. The Morgan fingerprint density at radius 2 is 1.64 bits per heavy atom. The molecule has 1 fully saturated rings. The molecule has 116 valence electrons. The summed E-state index contributed by atoms with van der Waals surface area (Å²) in [4.78, 5) is 6.84.